The zero-order valence-electron chi connectivity index (χ0n) is 9.65. The topological polar surface area (TPSA) is 38.9 Å². The van der Waals surface area contributed by atoms with Crippen LogP contribution in [-0.2, 0) is 12.8 Å². The van der Waals surface area contributed by atoms with Gasteiger partial charge in [-0.05, 0) is 49.3 Å². The fourth-order valence-electron chi connectivity index (χ4n) is 2.56. The molecule has 3 heteroatoms. The average Bonchev–Trinajstić information content (AvgIpc) is 2.93. The molecule has 1 heterocycles. The summed E-state index contributed by atoms with van der Waals surface area (Å²) in [6.45, 7) is 0. The molecule has 0 radical (unpaired) electrons. The maximum Gasteiger partial charge on any atom is 0.230 e. The second-order valence-electron chi connectivity index (χ2n) is 5.07. The number of aryl methyl sites for hydroxylation is 2. The Balaban J connectivity index is 1.72. The van der Waals surface area contributed by atoms with Crippen LogP contribution in [0, 0.1) is 0 Å². The second-order valence-corrected chi connectivity index (χ2v) is 5.07. The van der Waals surface area contributed by atoms with Gasteiger partial charge in [0.25, 0.3) is 0 Å². The van der Waals surface area contributed by atoms with Crippen molar-refractivity contribution in [2.24, 2.45) is 0 Å². The SMILES string of the molecule is c1cc2c(cc1-c1noc(C3CC3)n1)CCC2. The molecule has 1 aromatic heterocycles. The van der Waals surface area contributed by atoms with Crippen molar-refractivity contribution in [3.8, 4) is 11.4 Å². The molecular formula is C14H14N2O. The number of hydrogen-bond donors (Lipinski definition) is 0. The lowest BCUT2D eigenvalue weighted by molar-refractivity contribution is 0.380. The number of hydrogen-bond acceptors (Lipinski definition) is 3. The summed E-state index contributed by atoms with van der Waals surface area (Å²) in [4.78, 5) is 4.49. The molecule has 0 bridgehead atoms. The normalized spacial score (nSPS) is 18.4. The summed E-state index contributed by atoms with van der Waals surface area (Å²) in [6, 6.07) is 6.56. The minimum absolute atomic E-state index is 0.533. The largest absolute Gasteiger partial charge is 0.339 e. The van der Waals surface area contributed by atoms with Gasteiger partial charge in [-0.1, -0.05) is 17.3 Å². The van der Waals surface area contributed by atoms with Crippen LogP contribution in [0.25, 0.3) is 11.4 Å². The number of rotatable bonds is 2. The third kappa shape index (κ3) is 1.57. The van der Waals surface area contributed by atoms with Gasteiger partial charge in [-0.25, -0.2) is 0 Å². The summed E-state index contributed by atoms with van der Waals surface area (Å²) < 4.78 is 5.30. The Morgan fingerprint density at radius 1 is 1.12 bits per heavy atom. The lowest BCUT2D eigenvalue weighted by Crippen LogP contribution is -1.86. The fraction of sp³-hybridized carbons (Fsp3) is 0.429. The van der Waals surface area contributed by atoms with Crippen molar-refractivity contribution in [2.75, 3.05) is 0 Å². The van der Waals surface area contributed by atoms with Gasteiger partial charge in [-0.15, -0.1) is 0 Å². The van der Waals surface area contributed by atoms with Gasteiger partial charge in [0.05, 0.1) is 0 Å². The van der Waals surface area contributed by atoms with Crippen molar-refractivity contribution in [2.45, 2.75) is 38.0 Å². The first-order chi connectivity index (χ1) is 8.40. The first-order valence-electron chi connectivity index (χ1n) is 6.36. The van der Waals surface area contributed by atoms with Crippen LogP contribution < -0.4 is 0 Å². The maximum absolute atomic E-state index is 5.30. The molecule has 0 aliphatic heterocycles. The van der Waals surface area contributed by atoms with E-state index in [0.717, 1.165) is 17.3 Å². The minimum atomic E-state index is 0.533. The Labute approximate surface area is 99.9 Å². The van der Waals surface area contributed by atoms with E-state index in [1.165, 1.54) is 43.2 Å². The third-order valence-electron chi connectivity index (χ3n) is 3.73. The van der Waals surface area contributed by atoms with Crippen LogP contribution in [0.1, 0.15) is 42.2 Å². The van der Waals surface area contributed by atoms with Crippen molar-refractivity contribution < 1.29 is 4.52 Å². The number of nitrogens with zero attached hydrogens (tertiary/aromatic N) is 2. The highest BCUT2D eigenvalue weighted by atomic mass is 16.5. The quantitative estimate of drug-likeness (QED) is 0.789. The van der Waals surface area contributed by atoms with Crippen molar-refractivity contribution in [3.05, 3.63) is 35.2 Å². The molecule has 86 valence electrons. The zero-order valence-corrected chi connectivity index (χ0v) is 9.65. The average molecular weight is 226 g/mol. The minimum Gasteiger partial charge on any atom is -0.339 e. The van der Waals surface area contributed by atoms with Crippen molar-refractivity contribution in [1.29, 1.82) is 0 Å². The molecule has 0 saturated heterocycles. The van der Waals surface area contributed by atoms with Gasteiger partial charge in [0.1, 0.15) is 0 Å². The highest BCUT2D eigenvalue weighted by molar-refractivity contribution is 5.57. The van der Waals surface area contributed by atoms with Crippen molar-refractivity contribution in [3.63, 3.8) is 0 Å². The van der Waals surface area contributed by atoms with Crippen LogP contribution in [0.2, 0.25) is 0 Å². The van der Waals surface area contributed by atoms with E-state index in [2.05, 4.69) is 28.3 Å². The second kappa shape index (κ2) is 3.42. The molecule has 2 aliphatic carbocycles. The summed E-state index contributed by atoms with van der Waals surface area (Å²) in [5, 5.41) is 4.09. The molecule has 0 spiro atoms. The molecule has 2 aromatic rings. The van der Waals surface area contributed by atoms with Crippen LogP contribution in [0.4, 0.5) is 0 Å². The van der Waals surface area contributed by atoms with E-state index >= 15 is 0 Å². The molecule has 0 atom stereocenters. The molecule has 4 rings (SSSR count). The van der Waals surface area contributed by atoms with Gasteiger partial charge in [0.15, 0.2) is 0 Å². The lowest BCUT2D eigenvalue weighted by Gasteiger charge is -2.00. The van der Waals surface area contributed by atoms with Crippen LogP contribution in [-0.4, -0.2) is 10.1 Å². The molecule has 0 amide bonds. The maximum atomic E-state index is 5.30. The van der Waals surface area contributed by atoms with Gasteiger partial charge in [0, 0.05) is 11.5 Å². The molecule has 1 saturated carbocycles. The molecule has 17 heavy (non-hydrogen) atoms. The van der Waals surface area contributed by atoms with Crippen molar-refractivity contribution in [1.82, 2.24) is 10.1 Å². The highest BCUT2D eigenvalue weighted by Gasteiger charge is 2.29. The summed E-state index contributed by atoms with van der Waals surface area (Å²) >= 11 is 0. The number of benzene rings is 1. The van der Waals surface area contributed by atoms with E-state index in [9.17, 15) is 0 Å². The van der Waals surface area contributed by atoms with E-state index in [-0.39, 0.29) is 0 Å². The predicted molar refractivity (Wildman–Crippen MR) is 63.7 cm³/mol. The van der Waals surface area contributed by atoms with Gasteiger partial charge < -0.3 is 4.52 Å². The molecule has 0 unspecified atom stereocenters. The Hall–Kier alpha value is -1.64. The van der Waals surface area contributed by atoms with E-state index in [0.29, 0.717) is 5.92 Å². The highest BCUT2D eigenvalue weighted by Crippen LogP contribution is 2.39. The zero-order chi connectivity index (χ0) is 11.2. The van der Waals surface area contributed by atoms with Crippen LogP contribution >= 0.6 is 0 Å². The van der Waals surface area contributed by atoms with Crippen LogP contribution in [0.3, 0.4) is 0 Å². The van der Waals surface area contributed by atoms with Gasteiger partial charge in [0.2, 0.25) is 11.7 Å². The van der Waals surface area contributed by atoms with E-state index in [1.807, 2.05) is 0 Å². The Morgan fingerprint density at radius 3 is 2.88 bits per heavy atom. The predicted octanol–water partition coefficient (Wildman–Crippen LogP) is 3.10. The molecule has 3 nitrogen and oxygen atoms in total. The Morgan fingerprint density at radius 2 is 2.00 bits per heavy atom. The summed E-state index contributed by atoms with van der Waals surface area (Å²) in [5.74, 6) is 2.10. The van der Waals surface area contributed by atoms with Gasteiger partial charge in [-0.2, -0.15) is 4.98 Å². The molecule has 2 aliphatic rings. The number of aromatic nitrogens is 2. The standard InChI is InChI=1S/C14H14N2O/c1-2-9-4-7-12(8-11(9)3-1)13-15-14(17-16-13)10-5-6-10/h4,7-8,10H,1-3,5-6H2. The molecule has 1 aromatic carbocycles. The van der Waals surface area contributed by atoms with Crippen molar-refractivity contribution >= 4 is 0 Å². The van der Waals surface area contributed by atoms with Crippen LogP contribution in [0.5, 0.6) is 0 Å². The van der Waals surface area contributed by atoms with E-state index in [4.69, 9.17) is 4.52 Å². The van der Waals surface area contributed by atoms with Crippen LogP contribution in [0.15, 0.2) is 22.7 Å². The summed E-state index contributed by atoms with van der Waals surface area (Å²) in [7, 11) is 0. The van der Waals surface area contributed by atoms with Gasteiger partial charge in [-0.3, -0.25) is 0 Å². The molecular weight excluding hydrogens is 212 g/mol. The first-order valence-corrected chi connectivity index (χ1v) is 6.36. The summed E-state index contributed by atoms with van der Waals surface area (Å²) in [5.41, 5.74) is 4.04. The Bertz CT molecular complexity index is 569. The van der Waals surface area contributed by atoms with E-state index < -0.39 is 0 Å². The third-order valence-corrected chi connectivity index (χ3v) is 3.73. The van der Waals surface area contributed by atoms with E-state index in [1.54, 1.807) is 0 Å². The molecule has 0 N–H and O–H groups in total. The monoisotopic (exact) mass is 226 g/mol. The van der Waals surface area contributed by atoms with Gasteiger partial charge >= 0.3 is 0 Å². The molecule has 1 fully saturated rings. The summed E-state index contributed by atoms with van der Waals surface area (Å²) in [6.07, 6.45) is 6.09. The Kier molecular flexibility index (Phi) is 1.89. The fourth-order valence-corrected chi connectivity index (χ4v) is 2.56. The first kappa shape index (κ1) is 9.40. The lowest BCUT2D eigenvalue weighted by atomic mass is 10.1. The smallest absolute Gasteiger partial charge is 0.230 e. The number of fused-ring (bicyclic) bond motifs is 1.